The molecule has 0 spiro atoms. The zero-order valence-corrected chi connectivity index (χ0v) is 14.3. The van der Waals surface area contributed by atoms with Gasteiger partial charge in [0.05, 0.1) is 12.5 Å². The molecule has 1 saturated heterocycles. The average molecular weight is 345 g/mol. The van der Waals surface area contributed by atoms with Crippen LogP contribution < -0.4 is 15.8 Å². The van der Waals surface area contributed by atoms with E-state index in [1.165, 1.54) is 0 Å². The molecule has 1 aliphatic heterocycles. The fourth-order valence-corrected chi connectivity index (χ4v) is 3.19. The molecule has 0 unspecified atom stereocenters. The molecule has 0 aliphatic carbocycles. The van der Waals surface area contributed by atoms with Crippen LogP contribution in [0.5, 0.6) is 5.75 Å². The van der Waals surface area contributed by atoms with Crippen LogP contribution >= 0.6 is 0 Å². The molecule has 0 radical (unpaired) electrons. The van der Waals surface area contributed by atoms with E-state index in [1.807, 2.05) is 35.0 Å². The summed E-state index contributed by atoms with van der Waals surface area (Å²) in [4.78, 5) is 24.2. The number of nitrogens with zero attached hydrogens (tertiary/aromatic N) is 1. The van der Waals surface area contributed by atoms with Crippen LogP contribution in [-0.4, -0.2) is 43.2 Å². The van der Waals surface area contributed by atoms with Crippen LogP contribution in [0.25, 0.3) is 10.9 Å². The van der Waals surface area contributed by atoms with E-state index in [2.05, 4.69) is 5.32 Å². The highest BCUT2D eigenvalue weighted by atomic mass is 16.5. The molecule has 3 rings (SSSR count). The molecule has 1 fully saturated rings. The van der Waals surface area contributed by atoms with E-state index in [4.69, 9.17) is 15.2 Å². The summed E-state index contributed by atoms with van der Waals surface area (Å²) >= 11 is 0. The van der Waals surface area contributed by atoms with E-state index >= 15 is 0 Å². The van der Waals surface area contributed by atoms with E-state index in [-0.39, 0.29) is 24.9 Å². The van der Waals surface area contributed by atoms with Crippen molar-refractivity contribution in [3.05, 3.63) is 30.5 Å². The summed E-state index contributed by atoms with van der Waals surface area (Å²) in [6, 6.07) is 7.65. The second-order valence-electron chi connectivity index (χ2n) is 6.40. The molecular formula is C18H23N3O4. The topological polar surface area (TPSA) is 95.6 Å². The van der Waals surface area contributed by atoms with E-state index in [0.717, 1.165) is 16.7 Å². The van der Waals surface area contributed by atoms with Crippen LogP contribution in [0.15, 0.2) is 30.5 Å². The molecule has 0 saturated carbocycles. The van der Waals surface area contributed by atoms with E-state index in [9.17, 15) is 9.59 Å². The molecule has 25 heavy (non-hydrogen) atoms. The van der Waals surface area contributed by atoms with Gasteiger partial charge in [0.1, 0.15) is 12.3 Å². The normalized spacial score (nSPS) is 16.5. The Labute approximate surface area is 146 Å². The number of methoxy groups -OCH3 is 1. The molecule has 1 aromatic heterocycles. The van der Waals surface area contributed by atoms with Gasteiger partial charge in [0, 0.05) is 36.9 Å². The van der Waals surface area contributed by atoms with Crippen molar-refractivity contribution in [2.24, 2.45) is 11.1 Å². The second kappa shape index (κ2) is 7.14. The van der Waals surface area contributed by atoms with Crippen LogP contribution in [0.3, 0.4) is 0 Å². The number of fused-ring (bicyclic) bond motifs is 1. The Bertz CT molecular complexity index is 778. The summed E-state index contributed by atoms with van der Waals surface area (Å²) in [5, 5.41) is 3.86. The second-order valence-corrected chi connectivity index (χ2v) is 6.40. The lowest BCUT2D eigenvalue weighted by Crippen LogP contribution is -2.50. The first-order chi connectivity index (χ1) is 12.0. The molecule has 134 valence electrons. The Morgan fingerprint density at radius 3 is 2.76 bits per heavy atom. The van der Waals surface area contributed by atoms with Gasteiger partial charge < -0.3 is 25.1 Å². The molecule has 2 amide bonds. The van der Waals surface area contributed by atoms with Crippen molar-refractivity contribution in [2.75, 3.05) is 26.9 Å². The first kappa shape index (κ1) is 17.3. The van der Waals surface area contributed by atoms with Gasteiger partial charge in [-0.1, -0.05) is 0 Å². The number of nitrogens with one attached hydrogen (secondary N) is 1. The molecule has 7 heteroatoms. The summed E-state index contributed by atoms with van der Waals surface area (Å²) in [6.45, 7) is 1.41. The van der Waals surface area contributed by atoms with Crippen molar-refractivity contribution >= 4 is 22.7 Å². The van der Waals surface area contributed by atoms with Crippen LogP contribution in [0, 0.1) is 5.41 Å². The molecule has 7 nitrogen and oxygen atoms in total. The van der Waals surface area contributed by atoms with Gasteiger partial charge in [0.25, 0.3) is 0 Å². The molecule has 0 bridgehead atoms. The lowest BCUT2D eigenvalue weighted by atomic mass is 9.79. The fraction of sp³-hybridized carbons (Fsp3) is 0.444. The Morgan fingerprint density at radius 1 is 1.32 bits per heavy atom. The predicted octanol–water partition coefficient (Wildman–Crippen LogP) is 1.05. The fourth-order valence-electron chi connectivity index (χ4n) is 3.19. The minimum Gasteiger partial charge on any atom is -0.497 e. The van der Waals surface area contributed by atoms with Crippen molar-refractivity contribution in [2.45, 2.75) is 19.4 Å². The number of ether oxygens (including phenoxy) is 2. The van der Waals surface area contributed by atoms with Crippen molar-refractivity contribution < 1.29 is 19.1 Å². The number of primary amides is 1. The third-order valence-electron chi connectivity index (χ3n) is 4.89. The first-order valence-corrected chi connectivity index (χ1v) is 8.31. The Kier molecular flexibility index (Phi) is 4.94. The maximum atomic E-state index is 12.3. The van der Waals surface area contributed by atoms with Gasteiger partial charge in [-0.25, -0.2) is 0 Å². The van der Waals surface area contributed by atoms with Gasteiger partial charge in [-0.2, -0.15) is 0 Å². The number of aromatic nitrogens is 1. The van der Waals surface area contributed by atoms with Gasteiger partial charge >= 0.3 is 0 Å². The zero-order chi connectivity index (χ0) is 17.9. The number of hydrogen-bond donors (Lipinski definition) is 2. The highest BCUT2D eigenvalue weighted by molar-refractivity contribution is 5.85. The van der Waals surface area contributed by atoms with Crippen molar-refractivity contribution in [3.63, 3.8) is 0 Å². The predicted molar refractivity (Wildman–Crippen MR) is 93.2 cm³/mol. The van der Waals surface area contributed by atoms with Gasteiger partial charge in [0.15, 0.2) is 0 Å². The monoisotopic (exact) mass is 345 g/mol. The molecule has 2 aromatic rings. The van der Waals surface area contributed by atoms with Crippen molar-refractivity contribution in [1.29, 1.82) is 0 Å². The van der Waals surface area contributed by atoms with Gasteiger partial charge in [0.2, 0.25) is 11.8 Å². The molecule has 3 N–H and O–H groups in total. The van der Waals surface area contributed by atoms with Gasteiger partial charge in [-0.3, -0.25) is 9.59 Å². The third kappa shape index (κ3) is 3.61. The van der Waals surface area contributed by atoms with Crippen LogP contribution in [0.4, 0.5) is 0 Å². The average Bonchev–Trinajstić information content (AvgIpc) is 3.02. The summed E-state index contributed by atoms with van der Waals surface area (Å²) in [7, 11) is 1.62. The van der Waals surface area contributed by atoms with Gasteiger partial charge in [-0.15, -0.1) is 0 Å². The largest absolute Gasteiger partial charge is 0.497 e. The summed E-state index contributed by atoms with van der Waals surface area (Å²) in [5.74, 6) is 0.243. The molecule has 1 aliphatic rings. The quantitative estimate of drug-likeness (QED) is 0.818. The molecule has 2 heterocycles. The van der Waals surface area contributed by atoms with E-state index in [1.54, 1.807) is 7.11 Å². The van der Waals surface area contributed by atoms with Gasteiger partial charge in [-0.05, 0) is 37.1 Å². The molecular weight excluding hydrogens is 322 g/mol. The number of hydrogen-bond acceptors (Lipinski definition) is 4. The number of rotatable bonds is 6. The maximum Gasteiger partial charge on any atom is 0.239 e. The minimum atomic E-state index is -0.708. The first-order valence-electron chi connectivity index (χ1n) is 8.31. The van der Waals surface area contributed by atoms with Crippen LogP contribution in [-0.2, 0) is 20.9 Å². The number of carbonyl (C=O) groups is 2. The van der Waals surface area contributed by atoms with Crippen LogP contribution in [0.1, 0.15) is 12.8 Å². The number of amides is 2. The molecule has 1 aromatic carbocycles. The van der Waals surface area contributed by atoms with Crippen molar-refractivity contribution in [1.82, 2.24) is 9.88 Å². The standard InChI is InChI=1S/C18H23N3O4/c1-24-14-2-3-15-13(10-14)4-7-21(15)11-16(22)20-12-18(17(19)23)5-8-25-9-6-18/h2-4,7,10H,5-6,8-9,11-12H2,1H3,(H2,19,23)(H,20,22). The van der Waals surface area contributed by atoms with Crippen LogP contribution in [0.2, 0.25) is 0 Å². The van der Waals surface area contributed by atoms with E-state index in [0.29, 0.717) is 26.1 Å². The smallest absolute Gasteiger partial charge is 0.239 e. The zero-order valence-electron chi connectivity index (χ0n) is 14.3. The molecule has 0 atom stereocenters. The Balaban J connectivity index is 1.65. The van der Waals surface area contributed by atoms with Crippen molar-refractivity contribution in [3.8, 4) is 5.75 Å². The SMILES string of the molecule is COc1ccc2c(ccn2CC(=O)NCC2(C(N)=O)CCOCC2)c1. The minimum absolute atomic E-state index is 0.152. The number of carbonyl (C=O) groups excluding carboxylic acids is 2. The lowest BCUT2D eigenvalue weighted by Gasteiger charge is -2.34. The highest BCUT2D eigenvalue weighted by Crippen LogP contribution is 2.29. The number of nitrogens with two attached hydrogens (primary N) is 1. The summed E-state index contributed by atoms with van der Waals surface area (Å²) in [5.41, 5.74) is 5.81. The highest BCUT2D eigenvalue weighted by Gasteiger charge is 2.38. The maximum absolute atomic E-state index is 12.3. The van der Waals surface area contributed by atoms with E-state index < -0.39 is 5.41 Å². The lowest BCUT2D eigenvalue weighted by molar-refractivity contribution is -0.134. The summed E-state index contributed by atoms with van der Waals surface area (Å²) < 4.78 is 12.4. The third-order valence-corrected chi connectivity index (χ3v) is 4.89. The Hall–Kier alpha value is -2.54. The number of benzene rings is 1. The summed E-state index contributed by atoms with van der Waals surface area (Å²) in [6.07, 6.45) is 2.94. The Morgan fingerprint density at radius 2 is 2.08 bits per heavy atom.